The predicted octanol–water partition coefficient (Wildman–Crippen LogP) is 2.80. The SMILES string of the molecule is CC(CO)c1ccccc1C(F)(F)F. The van der Waals surface area contributed by atoms with E-state index in [0.717, 1.165) is 6.07 Å². The second kappa shape index (κ2) is 4.00. The molecule has 1 aromatic carbocycles. The average molecular weight is 204 g/mol. The van der Waals surface area contributed by atoms with Gasteiger partial charge in [-0.05, 0) is 11.6 Å². The van der Waals surface area contributed by atoms with Crippen molar-refractivity contribution in [2.75, 3.05) is 6.61 Å². The van der Waals surface area contributed by atoms with Gasteiger partial charge in [-0.25, -0.2) is 0 Å². The van der Waals surface area contributed by atoms with E-state index in [1.165, 1.54) is 18.2 Å². The van der Waals surface area contributed by atoms with E-state index >= 15 is 0 Å². The van der Waals surface area contributed by atoms with E-state index in [1.54, 1.807) is 6.92 Å². The molecule has 0 aromatic heterocycles. The van der Waals surface area contributed by atoms with Crippen molar-refractivity contribution in [3.8, 4) is 0 Å². The fourth-order valence-corrected chi connectivity index (χ4v) is 1.28. The third kappa shape index (κ3) is 2.26. The van der Waals surface area contributed by atoms with Crippen LogP contribution in [0.25, 0.3) is 0 Å². The summed E-state index contributed by atoms with van der Waals surface area (Å²) in [5.41, 5.74) is -0.524. The number of aliphatic hydroxyl groups is 1. The summed E-state index contributed by atoms with van der Waals surface area (Å²) < 4.78 is 37.4. The van der Waals surface area contributed by atoms with Crippen molar-refractivity contribution in [1.29, 1.82) is 0 Å². The number of rotatable bonds is 2. The van der Waals surface area contributed by atoms with Gasteiger partial charge in [-0.15, -0.1) is 0 Å². The number of aliphatic hydroxyl groups excluding tert-OH is 1. The van der Waals surface area contributed by atoms with Gasteiger partial charge < -0.3 is 5.11 Å². The zero-order valence-corrected chi connectivity index (χ0v) is 7.67. The van der Waals surface area contributed by atoms with E-state index in [-0.39, 0.29) is 12.2 Å². The number of alkyl halides is 3. The van der Waals surface area contributed by atoms with Gasteiger partial charge in [-0.2, -0.15) is 13.2 Å². The molecule has 0 radical (unpaired) electrons. The maximum Gasteiger partial charge on any atom is 0.416 e. The van der Waals surface area contributed by atoms with Gasteiger partial charge in [0.1, 0.15) is 0 Å². The van der Waals surface area contributed by atoms with Crippen LogP contribution in [0.4, 0.5) is 13.2 Å². The fourth-order valence-electron chi connectivity index (χ4n) is 1.28. The third-order valence-corrected chi connectivity index (χ3v) is 2.07. The molecule has 0 heterocycles. The summed E-state index contributed by atoms with van der Waals surface area (Å²) in [5.74, 6) is -0.493. The van der Waals surface area contributed by atoms with Crippen molar-refractivity contribution in [2.24, 2.45) is 0 Å². The Morgan fingerprint density at radius 2 is 1.86 bits per heavy atom. The smallest absolute Gasteiger partial charge is 0.396 e. The number of benzene rings is 1. The van der Waals surface area contributed by atoms with Crippen LogP contribution in [0.3, 0.4) is 0 Å². The molecule has 14 heavy (non-hydrogen) atoms. The lowest BCUT2D eigenvalue weighted by Gasteiger charge is -2.16. The Bertz CT molecular complexity index is 306. The third-order valence-electron chi connectivity index (χ3n) is 2.07. The molecule has 0 amide bonds. The maximum absolute atomic E-state index is 12.5. The van der Waals surface area contributed by atoms with Crippen LogP contribution in [0.1, 0.15) is 24.0 Å². The molecular formula is C10H11F3O. The predicted molar refractivity (Wildman–Crippen MR) is 46.9 cm³/mol. The van der Waals surface area contributed by atoms with E-state index < -0.39 is 17.7 Å². The molecule has 0 aliphatic rings. The van der Waals surface area contributed by atoms with Crippen LogP contribution in [0.2, 0.25) is 0 Å². The first-order chi connectivity index (χ1) is 6.46. The summed E-state index contributed by atoms with van der Waals surface area (Å²) in [5, 5.41) is 8.81. The van der Waals surface area contributed by atoms with Gasteiger partial charge in [-0.1, -0.05) is 25.1 Å². The van der Waals surface area contributed by atoms with Crippen LogP contribution < -0.4 is 0 Å². The van der Waals surface area contributed by atoms with Crippen LogP contribution in [-0.4, -0.2) is 11.7 Å². The van der Waals surface area contributed by atoms with Crippen molar-refractivity contribution in [3.05, 3.63) is 35.4 Å². The Hall–Kier alpha value is -1.03. The monoisotopic (exact) mass is 204 g/mol. The molecule has 0 bridgehead atoms. The minimum absolute atomic E-state index is 0.141. The normalized spacial score (nSPS) is 14.1. The number of hydrogen-bond donors (Lipinski definition) is 1. The Morgan fingerprint density at radius 1 is 1.29 bits per heavy atom. The molecule has 0 spiro atoms. The minimum atomic E-state index is -4.35. The van der Waals surface area contributed by atoms with Crippen LogP contribution >= 0.6 is 0 Å². The first kappa shape index (κ1) is 11.0. The van der Waals surface area contributed by atoms with E-state index in [9.17, 15) is 13.2 Å². The molecule has 0 saturated heterocycles. The maximum atomic E-state index is 12.5. The molecule has 1 N–H and O–H groups in total. The molecule has 0 aliphatic heterocycles. The highest BCUT2D eigenvalue weighted by molar-refractivity contribution is 5.32. The molecule has 1 atom stereocenters. The highest BCUT2D eigenvalue weighted by atomic mass is 19.4. The van der Waals surface area contributed by atoms with Crippen molar-refractivity contribution in [3.63, 3.8) is 0 Å². The molecule has 1 nitrogen and oxygen atoms in total. The van der Waals surface area contributed by atoms with Gasteiger partial charge >= 0.3 is 6.18 Å². The van der Waals surface area contributed by atoms with Crippen molar-refractivity contribution >= 4 is 0 Å². The lowest BCUT2D eigenvalue weighted by atomic mass is 9.96. The average Bonchev–Trinajstić information content (AvgIpc) is 2.15. The Labute approximate surface area is 80.2 Å². The van der Waals surface area contributed by atoms with E-state index in [1.807, 2.05) is 0 Å². The van der Waals surface area contributed by atoms with Gasteiger partial charge in [0.05, 0.1) is 5.56 Å². The van der Waals surface area contributed by atoms with E-state index in [4.69, 9.17) is 5.11 Å². The molecular weight excluding hydrogens is 193 g/mol. The Kier molecular flexibility index (Phi) is 3.16. The quantitative estimate of drug-likeness (QED) is 0.785. The zero-order chi connectivity index (χ0) is 10.8. The minimum Gasteiger partial charge on any atom is -0.396 e. The lowest BCUT2D eigenvalue weighted by Crippen LogP contribution is -2.12. The largest absolute Gasteiger partial charge is 0.416 e. The van der Waals surface area contributed by atoms with Gasteiger partial charge in [0.2, 0.25) is 0 Å². The molecule has 0 aliphatic carbocycles. The Morgan fingerprint density at radius 3 is 2.36 bits per heavy atom. The number of hydrogen-bond acceptors (Lipinski definition) is 1. The molecule has 1 rings (SSSR count). The van der Waals surface area contributed by atoms with Gasteiger partial charge in [0.15, 0.2) is 0 Å². The van der Waals surface area contributed by atoms with E-state index in [2.05, 4.69) is 0 Å². The summed E-state index contributed by atoms with van der Waals surface area (Å²) in [4.78, 5) is 0. The molecule has 1 unspecified atom stereocenters. The topological polar surface area (TPSA) is 20.2 Å². The van der Waals surface area contributed by atoms with Crippen LogP contribution in [0.5, 0.6) is 0 Å². The summed E-state index contributed by atoms with van der Waals surface area (Å²) in [6.45, 7) is 1.28. The lowest BCUT2D eigenvalue weighted by molar-refractivity contribution is -0.138. The Balaban J connectivity index is 3.16. The highest BCUT2D eigenvalue weighted by Crippen LogP contribution is 2.34. The summed E-state index contributed by atoms with van der Waals surface area (Å²) in [6, 6.07) is 5.30. The second-order valence-electron chi connectivity index (χ2n) is 3.17. The molecule has 4 heteroatoms. The molecule has 78 valence electrons. The van der Waals surface area contributed by atoms with E-state index in [0.29, 0.717) is 0 Å². The summed E-state index contributed by atoms with van der Waals surface area (Å²) >= 11 is 0. The van der Waals surface area contributed by atoms with Gasteiger partial charge in [-0.3, -0.25) is 0 Å². The van der Waals surface area contributed by atoms with Gasteiger partial charge in [0.25, 0.3) is 0 Å². The summed E-state index contributed by atoms with van der Waals surface area (Å²) in [7, 11) is 0. The number of halogens is 3. The van der Waals surface area contributed by atoms with Crippen molar-refractivity contribution < 1.29 is 18.3 Å². The van der Waals surface area contributed by atoms with Crippen LogP contribution in [-0.2, 0) is 6.18 Å². The van der Waals surface area contributed by atoms with Crippen LogP contribution in [0, 0.1) is 0 Å². The standard InChI is InChI=1S/C10H11F3O/c1-7(6-14)8-4-2-3-5-9(8)10(11,12)13/h2-5,7,14H,6H2,1H3. The van der Waals surface area contributed by atoms with Gasteiger partial charge in [0, 0.05) is 12.5 Å². The van der Waals surface area contributed by atoms with Crippen LogP contribution in [0.15, 0.2) is 24.3 Å². The van der Waals surface area contributed by atoms with Crippen molar-refractivity contribution in [2.45, 2.75) is 19.0 Å². The second-order valence-corrected chi connectivity index (χ2v) is 3.17. The molecule has 0 saturated carbocycles. The summed E-state index contributed by atoms with van der Waals surface area (Å²) in [6.07, 6.45) is -4.35. The highest BCUT2D eigenvalue weighted by Gasteiger charge is 2.33. The first-order valence-corrected chi connectivity index (χ1v) is 4.23. The fraction of sp³-hybridized carbons (Fsp3) is 0.400. The van der Waals surface area contributed by atoms with Crippen molar-refractivity contribution in [1.82, 2.24) is 0 Å². The molecule has 0 fully saturated rings. The zero-order valence-electron chi connectivity index (χ0n) is 7.67. The first-order valence-electron chi connectivity index (χ1n) is 4.23. The molecule has 1 aromatic rings.